The average Bonchev–Trinajstić information content (AvgIpc) is 2.25. The van der Waals surface area contributed by atoms with Crippen LogP contribution in [0, 0.1) is 0 Å². The molecule has 6 heteroatoms. The van der Waals surface area contributed by atoms with E-state index in [0.29, 0.717) is 17.5 Å². The van der Waals surface area contributed by atoms with Crippen molar-refractivity contribution in [2.75, 3.05) is 25.0 Å². The third-order valence-corrected chi connectivity index (χ3v) is 2.14. The smallest absolute Gasteiger partial charge is 0.239 e. The van der Waals surface area contributed by atoms with Crippen molar-refractivity contribution in [1.29, 1.82) is 0 Å². The zero-order valence-corrected chi connectivity index (χ0v) is 9.45. The van der Waals surface area contributed by atoms with Crippen molar-refractivity contribution in [3.05, 3.63) is 17.5 Å². The maximum absolute atomic E-state index is 11.2. The number of carbonyl (C=O) groups is 1. The summed E-state index contributed by atoms with van der Waals surface area (Å²) in [5.41, 5.74) is 0. The normalized spacial score (nSPS) is 9.80. The van der Waals surface area contributed by atoms with Gasteiger partial charge in [0.05, 0.1) is 6.54 Å². The SMILES string of the molecule is CCN(CC(=O)NC)c1cc(Cl)ncn1. The topological polar surface area (TPSA) is 58.1 Å². The molecule has 0 atom stereocenters. The molecule has 0 fully saturated rings. The molecule has 0 spiro atoms. The third-order valence-electron chi connectivity index (χ3n) is 1.94. The summed E-state index contributed by atoms with van der Waals surface area (Å²) in [6, 6.07) is 1.63. The summed E-state index contributed by atoms with van der Waals surface area (Å²) >= 11 is 5.74. The van der Waals surface area contributed by atoms with Crippen LogP contribution >= 0.6 is 11.6 Å². The number of likely N-dealkylation sites (N-methyl/N-ethyl adjacent to an activating group) is 2. The van der Waals surface area contributed by atoms with E-state index in [9.17, 15) is 4.79 Å². The zero-order valence-electron chi connectivity index (χ0n) is 8.70. The predicted octanol–water partition coefficient (Wildman–Crippen LogP) is 0.702. The molecular weight excluding hydrogens is 216 g/mol. The zero-order chi connectivity index (χ0) is 11.3. The van der Waals surface area contributed by atoms with Gasteiger partial charge >= 0.3 is 0 Å². The third kappa shape index (κ3) is 3.36. The maximum Gasteiger partial charge on any atom is 0.239 e. The lowest BCUT2D eigenvalue weighted by atomic mass is 10.4. The molecule has 1 aromatic heterocycles. The summed E-state index contributed by atoms with van der Waals surface area (Å²) in [6.07, 6.45) is 1.38. The standard InChI is InChI=1S/C9H13ClN4O/c1-3-14(5-9(15)11-2)8-4-7(10)12-6-13-8/h4,6H,3,5H2,1-2H3,(H,11,15). The second-order valence-corrected chi connectivity index (χ2v) is 3.27. The van der Waals surface area contributed by atoms with Crippen LogP contribution in [0.25, 0.3) is 0 Å². The fourth-order valence-corrected chi connectivity index (χ4v) is 1.25. The minimum absolute atomic E-state index is 0.0633. The van der Waals surface area contributed by atoms with Crippen molar-refractivity contribution in [1.82, 2.24) is 15.3 Å². The monoisotopic (exact) mass is 228 g/mol. The van der Waals surface area contributed by atoms with Crippen LogP contribution in [0.3, 0.4) is 0 Å². The van der Waals surface area contributed by atoms with Crippen molar-refractivity contribution in [3.63, 3.8) is 0 Å². The minimum atomic E-state index is -0.0633. The van der Waals surface area contributed by atoms with E-state index in [1.807, 2.05) is 11.8 Å². The van der Waals surface area contributed by atoms with Crippen LogP contribution in [0.2, 0.25) is 5.15 Å². The first-order valence-corrected chi connectivity index (χ1v) is 4.98. The molecule has 0 unspecified atom stereocenters. The van der Waals surface area contributed by atoms with Crippen molar-refractivity contribution in [2.45, 2.75) is 6.92 Å². The van der Waals surface area contributed by atoms with Gasteiger partial charge in [0, 0.05) is 19.7 Å². The Labute approximate surface area is 93.5 Å². The second kappa shape index (κ2) is 5.50. The van der Waals surface area contributed by atoms with E-state index in [1.54, 1.807) is 13.1 Å². The highest BCUT2D eigenvalue weighted by Gasteiger charge is 2.10. The molecule has 0 radical (unpaired) electrons. The lowest BCUT2D eigenvalue weighted by molar-refractivity contribution is -0.119. The van der Waals surface area contributed by atoms with Gasteiger partial charge in [-0.1, -0.05) is 11.6 Å². The molecule has 1 heterocycles. The van der Waals surface area contributed by atoms with E-state index in [2.05, 4.69) is 15.3 Å². The average molecular weight is 229 g/mol. The number of hydrogen-bond donors (Lipinski definition) is 1. The highest BCUT2D eigenvalue weighted by atomic mass is 35.5. The van der Waals surface area contributed by atoms with E-state index in [4.69, 9.17) is 11.6 Å². The summed E-state index contributed by atoms with van der Waals surface area (Å²) in [5.74, 6) is 0.590. The molecular formula is C9H13ClN4O. The number of aromatic nitrogens is 2. The molecule has 1 N–H and O–H groups in total. The van der Waals surface area contributed by atoms with Gasteiger partial charge in [0.25, 0.3) is 0 Å². The van der Waals surface area contributed by atoms with E-state index in [0.717, 1.165) is 0 Å². The van der Waals surface area contributed by atoms with Gasteiger partial charge in [-0.05, 0) is 6.92 Å². The molecule has 0 aliphatic rings. The number of carbonyl (C=O) groups excluding carboxylic acids is 1. The molecule has 0 aromatic carbocycles. The summed E-state index contributed by atoms with van der Waals surface area (Å²) in [6.45, 7) is 2.89. The molecule has 5 nitrogen and oxygen atoms in total. The second-order valence-electron chi connectivity index (χ2n) is 2.89. The Kier molecular flexibility index (Phi) is 4.30. The first-order valence-electron chi connectivity index (χ1n) is 4.60. The minimum Gasteiger partial charge on any atom is -0.358 e. The Morgan fingerprint density at radius 1 is 1.60 bits per heavy atom. The molecule has 1 aromatic rings. The summed E-state index contributed by atoms with van der Waals surface area (Å²) in [5, 5.41) is 2.93. The van der Waals surface area contributed by atoms with Crippen LogP contribution in [0.15, 0.2) is 12.4 Å². The number of nitrogens with zero attached hydrogens (tertiary/aromatic N) is 3. The van der Waals surface area contributed by atoms with Gasteiger partial charge in [0.15, 0.2) is 0 Å². The molecule has 15 heavy (non-hydrogen) atoms. The van der Waals surface area contributed by atoms with Gasteiger partial charge in [0.2, 0.25) is 5.91 Å². The van der Waals surface area contributed by atoms with Crippen LogP contribution < -0.4 is 10.2 Å². The first-order chi connectivity index (χ1) is 7.17. The molecule has 1 amide bonds. The molecule has 0 aliphatic carbocycles. The number of rotatable bonds is 4. The van der Waals surface area contributed by atoms with E-state index in [1.165, 1.54) is 6.33 Å². The van der Waals surface area contributed by atoms with E-state index < -0.39 is 0 Å². The summed E-state index contributed by atoms with van der Waals surface area (Å²) in [4.78, 5) is 20.9. The van der Waals surface area contributed by atoms with E-state index in [-0.39, 0.29) is 12.5 Å². The summed E-state index contributed by atoms with van der Waals surface area (Å²) in [7, 11) is 1.60. The fraction of sp³-hybridized carbons (Fsp3) is 0.444. The first kappa shape index (κ1) is 11.7. The molecule has 82 valence electrons. The number of anilines is 1. The number of halogens is 1. The summed E-state index contributed by atoms with van der Waals surface area (Å²) < 4.78 is 0. The Morgan fingerprint density at radius 3 is 2.87 bits per heavy atom. The fourth-order valence-electron chi connectivity index (χ4n) is 1.10. The Bertz CT molecular complexity index is 345. The number of amides is 1. The Balaban J connectivity index is 2.78. The number of nitrogens with one attached hydrogen (secondary N) is 1. The molecule has 0 saturated heterocycles. The lowest BCUT2D eigenvalue weighted by Crippen LogP contribution is -2.35. The van der Waals surface area contributed by atoms with Gasteiger partial charge < -0.3 is 10.2 Å². The van der Waals surface area contributed by atoms with Gasteiger partial charge in [-0.15, -0.1) is 0 Å². The van der Waals surface area contributed by atoms with Crippen LogP contribution in [-0.4, -0.2) is 36.0 Å². The Morgan fingerprint density at radius 2 is 2.33 bits per heavy atom. The lowest BCUT2D eigenvalue weighted by Gasteiger charge is -2.20. The number of hydrogen-bond acceptors (Lipinski definition) is 4. The van der Waals surface area contributed by atoms with Gasteiger partial charge in [0.1, 0.15) is 17.3 Å². The van der Waals surface area contributed by atoms with Crippen LogP contribution in [0.1, 0.15) is 6.92 Å². The maximum atomic E-state index is 11.2. The molecule has 1 rings (SSSR count). The van der Waals surface area contributed by atoms with Crippen LogP contribution in [0.5, 0.6) is 0 Å². The van der Waals surface area contributed by atoms with Gasteiger partial charge in [-0.3, -0.25) is 4.79 Å². The Hall–Kier alpha value is -1.36. The predicted molar refractivity (Wildman–Crippen MR) is 59.0 cm³/mol. The van der Waals surface area contributed by atoms with Gasteiger partial charge in [-0.2, -0.15) is 0 Å². The quantitative estimate of drug-likeness (QED) is 0.771. The van der Waals surface area contributed by atoms with Crippen LogP contribution in [-0.2, 0) is 4.79 Å². The molecule has 0 aliphatic heterocycles. The molecule has 0 bridgehead atoms. The van der Waals surface area contributed by atoms with Gasteiger partial charge in [-0.25, -0.2) is 9.97 Å². The van der Waals surface area contributed by atoms with Crippen molar-refractivity contribution in [3.8, 4) is 0 Å². The highest BCUT2D eigenvalue weighted by Crippen LogP contribution is 2.13. The van der Waals surface area contributed by atoms with E-state index >= 15 is 0 Å². The largest absolute Gasteiger partial charge is 0.358 e. The van der Waals surface area contributed by atoms with Crippen molar-refractivity contribution >= 4 is 23.3 Å². The molecule has 0 saturated carbocycles. The van der Waals surface area contributed by atoms with Crippen LogP contribution in [0.4, 0.5) is 5.82 Å². The highest BCUT2D eigenvalue weighted by molar-refractivity contribution is 6.29. The van der Waals surface area contributed by atoms with Crippen molar-refractivity contribution < 1.29 is 4.79 Å². The van der Waals surface area contributed by atoms with Crippen molar-refractivity contribution in [2.24, 2.45) is 0 Å².